The second-order valence-corrected chi connectivity index (χ2v) is 6.45. The van der Waals surface area contributed by atoms with Crippen molar-refractivity contribution < 1.29 is 5.11 Å². The Balaban J connectivity index is 1.92. The minimum absolute atomic E-state index is 0.356. The third-order valence-corrected chi connectivity index (χ3v) is 4.47. The van der Waals surface area contributed by atoms with Gasteiger partial charge in [0.1, 0.15) is 0 Å². The Morgan fingerprint density at radius 2 is 2.05 bits per heavy atom. The van der Waals surface area contributed by atoms with Crippen molar-refractivity contribution in [3.63, 3.8) is 0 Å². The van der Waals surface area contributed by atoms with Crippen LogP contribution in [0.2, 0.25) is 0 Å². The van der Waals surface area contributed by atoms with Gasteiger partial charge < -0.3 is 5.11 Å². The van der Waals surface area contributed by atoms with E-state index in [4.69, 9.17) is 0 Å². The zero-order valence-corrected chi connectivity index (χ0v) is 12.9. The van der Waals surface area contributed by atoms with E-state index in [9.17, 15) is 5.11 Å². The van der Waals surface area contributed by atoms with Gasteiger partial charge in [-0.25, -0.2) is 0 Å². The quantitative estimate of drug-likeness (QED) is 0.874. The molecule has 0 fully saturated rings. The molecule has 0 amide bonds. The van der Waals surface area contributed by atoms with Gasteiger partial charge >= 0.3 is 0 Å². The molecule has 0 saturated carbocycles. The van der Waals surface area contributed by atoms with Crippen LogP contribution in [0.5, 0.6) is 0 Å². The fourth-order valence-corrected chi connectivity index (χ4v) is 3.30. The largest absolute Gasteiger partial charge is 0.385 e. The summed E-state index contributed by atoms with van der Waals surface area (Å²) in [6, 6.07) is 10.7. The summed E-state index contributed by atoms with van der Waals surface area (Å²) in [4.78, 5) is 0. The lowest BCUT2D eigenvalue weighted by molar-refractivity contribution is 0.0261. The summed E-state index contributed by atoms with van der Waals surface area (Å²) in [5.74, 6) is 0. The Hall–Kier alpha value is -1.61. The van der Waals surface area contributed by atoms with Crippen LogP contribution in [0.25, 0.3) is 0 Å². The molecule has 1 aromatic carbocycles. The van der Waals surface area contributed by atoms with Gasteiger partial charge in [-0.2, -0.15) is 5.10 Å². The van der Waals surface area contributed by atoms with E-state index in [0.717, 1.165) is 36.9 Å². The molecule has 1 aliphatic rings. The van der Waals surface area contributed by atoms with Crippen LogP contribution in [0.15, 0.2) is 36.5 Å². The molecule has 3 nitrogen and oxygen atoms in total. The molecule has 1 aromatic heterocycles. The second-order valence-electron chi connectivity index (χ2n) is 6.45. The van der Waals surface area contributed by atoms with E-state index in [2.05, 4.69) is 37.1 Å². The summed E-state index contributed by atoms with van der Waals surface area (Å²) >= 11 is 0. The predicted molar refractivity (Wildman–Crippen MR) is 84.2 cm³/mol. The Morgan fingerprint density at radius 1 is 1.24 bits per heavy atom. The van der Waals surface area contributed by atoms with Crippen LogP contribution in [0.4, 0.5) is 0 Å². The summed E-state index contributed by atoms with van der Waals surface area (Å²) in [5, 5.41) is 15.9. The summed E-state index contributed by atoms with van der Waals surface area (Å²) in [6.45, 7) is 4.24. The molecule has 0 aliphatic heterocycles. The highest BCUT2D eigenvalue weighted by molar-refractivity contribution is 5.34. The number of nitrogens with zero attached hydrogens (tertiary/aromatic N) is 2. The van der Waals surface area contributed by atoms with Gasteiger partial charge in [-0.1, -0.05) is 24.3 Å². The molecule has 2 aromatic rings. The lowest BCUT2D eigenvalue weighted by atomic mass is 9.84. The van der Waals surface area contributed by atoms with E-state index in [-0.39, 0.29) is 0 Å². The maximum Gasteiger partial charge on any atom is 0.0955 e. The van der Waals surface area contributed by atoms with Crippen molar-refractivity contribution in [2.24, 2.45) is 0 Å². The highest BCUT2D eigenvalue weighted by Crippen LogP contribution is 2.36. The first kappa shape index (κ1) is 14.3. The van der Waals surface area contributed by atoms with Gasteiger partial charge in [-0.3, -0.25) is 4.68 Å². The molecule has 1 heterocycles. The Kier molecular flexibility index (Phi) is 3.85. The van der Waals surface area contributed by atoms with Gasteiger partial charge in [-0.05, 0) is 56.7 Å². The number of benzene rings is 1. The van der Waals surface area contributed by atoms with Crippen molar-refractivity contribution >= 4 is 0 Å². The van der Waals surface area contributed by atoms with Crippen LogP contribution in [0.1, 0.15) is 56.0 Å². The van der Waals surface area contributed by atoms with E-state index in [0.29, 0.717) is 12.5 Å². The van der Waals surface area contributed by atoms with Crippen molar-refractivity contribution in [2.75, 3.05) is 0 Å². The van der Waals surface area contributed by atoms with Gasteiger partial charge in [0.05, 0.1) is 11.3 Å². The van der Waals surface area contributed by atoms with E-state index in [1.165, 1.54) is 5.56 Å². The van der Waals surface area contributed by atoms with Crippen LogP contribution in [-0.2, 0) is 18.4 Å². The SMILES string of the molecule is CC(C)n1ccc(CC2(O)CCCCc3ccccc32)n1. The molecule has 0 saturated heterocycles. The zero-order chi connectivity index (χ0) is 14.9. The normalized spacial score (nSPS) is 22.1. The fourth-order valence-electron chi connectivity index (χ4n) is 3.30. The van der Waals surface area contributed by atoms with Gasteiger partial charge in [0.15, 0.2) is 0 Å². The summed E-state index contributed by atoms with van der Waals surface area (Å²) in [7, 11) is 0. The summed E-state index contributed by atoms with van der Waals surface area (Å²) < 4.78 is 1.96. The third-order valence-electron chi connectivity index (χ3n) is 4.47. The van der Waals surface area contributed by atoms with Crippen molar-refractivity contribution in [3.05, 3.63) is 53.3 Å². The number of aliphatic hydroxyl groups is 1. The average Bonchev–Trinajstić information content (AvgIpc) is 2.86. The highest BCUT2D eigenvalue weighted by atomic mass is 16.3. The number of rotatable bonds is 3. The molecule has 0 radical (unpaired) electrons. The number of fused-ring (bicyclic) bond motifs is 1. The third kappa shape index (κ3) is 2.88. The first-order chi connectivity index (χ1) is 10.1. The van der Waals surface area contributed by atoms with Crippen LogP contribution in [-0.4, -0.2) is 14.9 Å². The van der Waals surface area contributed by atoms with Crippen molar-refractivity contribution in [3.8, 4) is 0 Å². The summed E-state index contributed by atoms with van der Waals surface area (Å²) in [5.41, 5.74) is 2.59. The van der Waals surface area contributed by atoms with Crippen LogP contribution in [0.3, 0.4) is 0 Å². The Morgan fingerprint density at radius 3 is 2.81 bits per heavy atom. The van der Waals surface area contributed by atoms with Crippen molar-refractivity contribution in [2.45, 2.75) is 57.6 Å². The van der Waals surface area contributed by atoms with Gasteiger partial charge in [-0.15, -0.1) is 0 Å². The zero-order valence-electron chi connectivity index (χ0n) is 12.9. The van der Waals surface area contributed by atoms with Crippen LogP contribution < -0.4 is 0 Å². The maximum absolute atomic E-state index is 11.3. The lowest BCUT2D eigenvalue weighted by Gasteiger charge is -2.28. The standard InChI is InChI=1S/C18H24N2O/c1-14(2)20-12-10-16(19-20)13-18(21)11-6-5-8-15-7-3-4-9-17(15)18/h3-4,7,9-10,12,14,21H,5-6,8,11,13H2,1-2H3. The van der Waals surface area contributed by atoms with E-state index < -0.39 is 5.60 Å². The minimum atomic E-state index is -0.775. The number of aromatic nitrogens is 2. The molecule has 3 rings (SSSR count). The molecule has 21 heavy (non-hydrogen) atoms. The Bertz CT molecular complexity index is 617. The lowest BCUT2D eigenvalue weighted by Crippen LogP contribution is -2.29. The predicted octanol–water partition coefficient (Wildman–Crippen LogP) is 3.62. The second kappa shape index (κ2) is 5.64. The highest BCUT2D eigenvalue weighted by Gasteiger charge is 2.33. The van der Waals surface area contributed by atoms with Gasteiger partial charge in [0.25, 0.3) is 0 Å². The maximum atomic E-state index is 11.3. The molecule has 1 unspecified atom stereocenters. The van der Waals surface area contributed by atoms with E-state index >= 15 is 0 Å². The average molecular weight is 284 g/mol. The van der Waals surface area contributed by atoms with Crippen molar-refractivity contribution in [1.29, 1.82) is 0 Å². The molecule has 1 aliphatic carbocycles. The molecule has 0 spiro atoms. The van der Waals surface area contributed by atoms with Gasteiger partial charge in [0, 0.05) is 18.7 Å². The van der Waals surface area contributed by atoms with E-state index in [1.54, 1.807) is 0 Å². The number of hydrogen-bond donors (Lipinski definition) is 1. The molecule has 3 heteroatoms. The van der Waals surface area contributed by atoms with Crippen LogP contribution >= 0.6 is 0 Å². The molecular weight excluding hydrogens is 260 g/mol. The smallest absolute Gasteiger partial charge is 0.0955 e. The topological polar surface area (TPSA) is 38.0 Å². The Labute approximate surface area is 126 Å². The fraction of sp³-hybridized carbons (Fsp3) is 0.500. The minimum Gasteiger partial charge on any atom is -0.385 e. The van der Waals surface area contributed by atoms with Crippen LogP contribution in [0, 0.1) is 0 Å². The molecule has 0 bridgehead atoms. The summed E-state index contributed by atoms with van der Waals surface area (Å²) in [6.07, 6.45) is 6.71. The molecule has 1 N–H and O–H groups in total. The van der Waals surface area contributed by atoms with Crippen molar-refractivity contribution in [1.82, 2.24) is 9.78 Å². The monoisotopic (exact) mass is 284 g/mol. The molecule has 1 atom stereocenters. The first-order valence-corrected chi connectivity index (χ1v) is 7.93. The van der Waals surface area contributed by atoms with E-state index in [1.807, 2.05) is 23.0 Å². The number of aryl methyl sites for hydroxylation is 1. The number of hydrogen-bond acceptors (Lipinski definition) is 2. The molecule has 112 valence electrons. The first-order valence-electron chi connectivity index (χ1n) is 7.93. The van der Waals surface area contributed by atoms with Gasteiger partial charge in [0.2, 0.25) is 0 Å². The molecular formula is C18H24N2O.